The Hall–Kier alpha value is -1.83. The van der Waals surface area contributed by atoms with Crippen LogP contribution in [0.3, 0.4) is 0 Å². The van der Waals surface area contributed by atoms with Crippen LogP contribution in [0.1, 0.15) is 9.75 Å². The molecule has 0 unspecified atom stereocenters. The van der Waals surface area contributed by atoms with Gasteiger partial charge in [0.2, 0.25) is 0 Å². The smallest absolute Gasteiger partial charge is 0.123 e. The third kappa shape index (κ3) is 3.82. The summed E-state index contributed by atoms with van der Waals surface area (Å²) in [5, 5.41) is 8.64. The van der Waals surface area contributed by atoms with Gasteiger partial charge in [0.05, 0.1) is 11.4 Å². The van der Waals surface area contributed by atoms with E-state index in [0.717, 1.165) is 17.1 Å². The SMILES string of the molecule is CN(Cc1ccc(C#CCO)s1)c1ccc(F)cc1. The van der Waals surface area contributed by atoms with Gasteiger partial charge in [-0.3, -0.25) is 0 Å². The number of benzene rings is 1. The van der Waals surface area contributed by atoms with Crippen LogP contribution in [0.15, 0.2) is 36.4 Å². The van der Waals surface area contributed by atoms with Crippen LogP contribution in [0, 0.1) is 17.7 Å². The highest BCUT2D eigenvalue weighted by molar-refractivity contribution is 7.12. The van der Waals surface area contributed by atoms with Crippen LogP contribution < -0.4 is 4.90 Å². The highest BCUT2D eigenvalue weighted by Gasteiger charge is 2.04. The second kappa shape index (κ2) is 6.37. The molecule has 0 bridgehead atoms. The molecule has 0 fully saturated rings. The molecule has 1 aromatic heterocycles. The summed E-state index contributed by atoms with van der Waals surface area (Å²) in [5.74, 6) is 5.29. The normalized spacial score (nSPS) is 9.84. The molecule has 2 nitrogen and oxygen atoms in total. The fourth-order valence-corrected chi connectivity index (χ4v) is 2.61. The second-order valence-corrected chi connectivity index (χ2v) is 5.23. The Morgan fingerprint density at radius 3 is 2.63 bits per heavy atom. The van der Waals surface area contributed by atoms with Crippen LogP contribution in [0.2, 0.25) is 0 Å². The van der Waals surface area contributed by atoms with Crippen molar-refractivity contribution in [3.05, 3.63) is 52.0 Å². The zero-order chi connectivity index (χ0) is 13.7. The maximum Gasteiger partial charge on any atom is 0.123 e. The molecule has 2 rings (SSSR count). The fourth-order valence-electron chi connectivity index (χ4n) is 1.68. The molecule has 1 N–H and O–H groups in total. The minimum atomic E-state index is -0.227. The molecule has 0 aliphatic heterocycles. The highest BCUT2D eigenvalue weighted by atomic mass is 32.1. The van der Waals surface area contributed by atoms with Crippen molar-refractivity contribution in [1.29, 1.82) is 0 Å². The van der Waals surface area contributed by atoms with E-state index < -0.39 is 0 Å². The molecule has 0 radical (unpaired) electrons. The number of aliphatic hydroxyl groups excluding tert-OH is 1. The van der Waals surface area contributed by atoms with E-state index in [1.165, 1.54) is 17.0 Å². The van der Waals surface area contributed by atoms with E-state index in [-0.39, 0.29) is 12.4 Å². The number of hydrogen-bond acceptors (Lipinski definition) is 3. The van der Waals surface area contributed by atoms with E-state index in [4.69, 9.17) is 5.11 Å². The van der Waals surface area contributed by atoms with Gasteiger partial charge in [0, 0.05) is 17.6 Å². The number of hydrogen-bond donors (Lipinski definition) is 1. The Kier molecular flexibility index (Phi) is 4.56. The van der Waals surface area contributed by atoms with Crippen molar-refractivity contribution in [3.8, 4) is 11.8 Å². The van der Waals surface area contributed by atoms with Crippen molar-refractivity contribution in [2.45, 2.75) is 6.54 Å². The Bertz CT molecular complexity index is 595. The number of rotatable bonds is 3. The monoisotopic (exact) mass is 275 g/mol. The van der Waals surface area contributed by atoms with E-state index in [2.05, 4.69) is 16.7 Å². The second-order valence-electron chi connectivity index (χ2n) is 4.06. The standard InChI is InChI=1S/C15H14FNOS/c1-17(13-6-4-12(16)5-7-13)11-15-9-8-14(19-15)3-2-10-18/h4-9,18H,10-11H2,1H3. The predicted octanol–water partition coefficient (Wildman–Crippen LogP) is 2.87. The summed E-state index contributed by atoms with van der Waals surface area (Å²) in [4.78, 5) is 4.17. The first-order valence-electron chi connectivity index (χ1n) is 5.84. The summed E-state index contributed by atoms with van der Waals surface area (Å²) in [6.07, 6.45) is 0. The summed E-state index contributed by atoms with van der Waals surface area (Å²) < 4.78 is 12.8. The lowest BCUT2D eigenvalue weighted by Gasteiger charge is -2.18. The molecule has 1 aromatic carbocycles. The third-order valence-electron chi connectivity index (χ3n) is 2.61. The van der Waals surface area contributed by atoms with Crippen LogP contribution in [0.4, 0.5) is 10.1 Å². The molecule has 98 valence electrons. The molecule has 0 amide bonds. The number of nitrogens with zero attached hydrogens (tertiary/aromatic N) is 1. The molecule has 0 saturated heterocycles. The zero-order valence-corrected chi connectivity index (χ0v) is 11.4. The molecule has 0 spiro atoms. The molecular formula is C15H14FNOS. The van der Waals surface area contributed by atoms with E-state index in [1.54, 1.807) is 23.5 Å². The average Bonchev–Trinajstić information content (AvgIpc) is 2.84. The van der Waals surface area contributed by atoms with E-state index >= 15 is 0 Å². The van der Waals surface area contributed by atoms with Crippen LogP contribution >= 0.6 is 11.3 Å². The number of anilines is 1. The van der Waals surface area contributed by atoms with Crippen molar-refractivity contribution in [2.24, 2.45) is 0 Å². The molecule has 4 heteroatoms. The van der Waals surface area contributed by atoms with Gasteiger partial charge in [-0.05, 0) is 36.4 Å². The first kappa shape index (κ1) is 13.6. The largest absolute Gasteiger partial charge is 0.384 e. The van der Waals surface area contributed by atoms with Gasteiger partial charge in [0.25, 0.3) is 0 Å². The summed E-state index contributed by atoms with van der Waals surface area (Å²) >= 11 is 1.60. The Labute approximate surface area is 116 Å². The average molecular weight is 275 g/mol. The van der Waals surface area contributed by atoms with Crippen molar-refractivity contribution in [1.82, 2.24) is 0 Å². The first-order chi connectivity index (χ1) is 9.19. The van der Waals surface area contributed by atoms with Crippen molar-refractivity contribution in [2.75, 3.05) is 18.6 Å². The van der Waals surface area contributed by atoms with Crippen LogP contribution in [-0.4, -0.2) is 18.8 Å². The molecule has 0 atom stereocenters. The molecule has 1 heterocycles. The summed E-state index contributed by atoms with van der Waals surface area (Å²) in [6.45, 7) is 0.625. The van der Waals surface area contributed by atoms with Gasteiger partial charge >= 0.3 is 0 Å². The lowest BCUT2D eigenvalue weighted by Crippen LogP contribution is -2.15. The first-order valence-corrected chi connectivity index (χ1v) is 6.66. The minimum Gasteiger partial charge on any atom is -0.384 e. The van der Waals surface area contributed by atoms with Crippen molar-refractivity contribution < 1.29 is 9.50 Å². The molecule has 19 heavy (non-hydrogen) atoms. The lowest BCUT2D eigenvalue weighted by atomic mass is 10.3. The van der Waals surface area contributed by atoms with Crippen LogP contribution in [0.5, 0.6) is 0 Å². The van der Waals surface area contributed by atoms with E-state index in [0.29, 0.717) is 0 Å². The quantitative estimate of drug-likeness (QED) is 0.871. The van der Waals surface area contributed by atoms with Crippen LogP contribution in [0.25, 0.3) is 0 Å². The predicted molar refractivity (Wildman–Crippen MR) is 76.8 cm³/mol. The zero-order valence-electron chi connectivity index (χ0n) is 10.6. The fraction of sp³-hybridized carbons (Fsp3) is 0.200. The van der Waals surface area contributed by atoms with Gasteiger partial charge in [-0.25, -0.2) is 4.39 Å². The van der Waals surface area contributed by atoms with Gasteiger partial charge in [-0.1, -0.05) is 11.8 Å². The number of halogens is 1. The van der Waals surface area contributed by atoms with Gasteiger partial charge in [0.15, 0.2) is 0 Å². The molecule has 0 aliphatic rings. The molecule has 2 aromatic rings. The van der Waals surface area contributed by atoms with E-state index in [9.17, 15) is 4.39 Å². The highest BCUT2D eigenvalue weighted by Crippen LogP contribution is 2.20. The Morgan fingerprint density at radius 2 is 1.95 bits per heavy atom. The molecule has 0 aliphatic carbocycles. The van der Waals surface area contributed by atoms with Crippen molar-refractivity contribution in [3.63, 3.8) is 0 Å². The Morgan fingerprint density at radius 1 is 1.21 bits per heavy atom. The number of aliphatic hydroxyl groups is 1. The maximum absolute atomic E-state index is 12.8. The summed E-state index contributed by atoms with van der Waals surface area (Å²) in [5.41, 5.74) is 0.970. The topological polar surface area (TPSA) is 23.5 Å². The third-order valence-corrected chi connectivity index (χ3v) is 3.60. The van der Waals surface area contributed by atoms with Crippen molar-refractivity contribution >= 4 is 17.0 Å². The maximum atomic E-state index is 12.8. The minimum absolute atomic E-state index is 0.122. The van der Waals surface area contributed by atoms with Gasteiger partial charge in [-0.15, -0.1) is 11.3 Å². The number of thiophene rings is 1. The van der Waals surface area contributed by atoms with Gasteiger partial charge in [-0.2, -0.15) is 0 Å². The lowest BCUT2D eigenvalue weighted by molar-refractivity contribution is 0.350. The molecule has 0 saturated carbocycles. The summed E-state index contributed by atoms with van der Waals surface area (Å²) in [7, 11) is 1.96. The summed E-state index contributed by atoms with van der Waals surface area (Å²) in [6, 6.07) is 10.4. The van der Waals surface area contributed by atoms with Gasteiger partial charge in [0.1, 0.15) is 12.4 Å². The van der Waals surface area contributed by atoms with E-state index in [1.807, 2.05) is 19.2 Å². The Balaban J connectivity index is 2.04. The van der Waals surface area contributed by atoms with Crippen LogP contribution in [-0.2, 0) is 6.54 Å². The molecular weight excluding hydrogens is 261 g/mol. The van der Waals surface area contributed by atoms with Gasteiger partial charge < -0.3 is 10.0 Å².